The predicted molar refractivity (Wildman–Crippen MR) is 103 cm³/mol. The maximum Gasteiger partial charge on any atom is 0.270 e. The first-order valence-electron chi connectivity index (χ1n) is 7.48. The average Bonchev–Trinajstić information content (AvgIpc) is 2.65. The van der Waals surface area contributed by atoms with Gasteiger partial charge in [0.15, 0.2) is 11.5 Å². The number of rotatable bonds is 7. The van der Waals surface area contributed by atoms with Gasteiger partial charge in [0.1, 0.15) is 6.61 Å². The van der Waals surface area contributed by atoms with Crippen LogP contribution in [0.3, 0.4) is 0 Å². The van der Waals surface area contributed by atoms with Crippen molar-refractivity contribution in [3.8, 4) is 17.6 Å². The van der Waals surface area contributed by atoms with Crippen molar-refractivity contribution in [3.63, 3.8) is 0 Å². The third-order valence-corrected chi connectivity index (χ3v) is 4.11. The Kier molecular flexibility index (Phi) is 6.53. The molecule has 2 aromatic rings. The molecule has 26 heavy (non-hydrogen) atoms. The van der Waals surface area contributed by atoms with Gasteiger partial charge in [0.05, 0.1) is 23.7 Å². The van der Waals surface area contributed by atoms with Crippen LogP contribution < -0.4 is 9.47 Å². The van der Waals surface area contributed by atoms with E-state index in [1.165, 1.54) is 19.2 Å². The van der Waals surface area contributed by atoms with Gasteiger partial charge < -0.3 is 9.47 Å². The number of nitriles is 1. The molecule has 2 rings (SSSR count). The van der Waals surface area contributed by atoms with Crippen LogP contribution in [0, 0.1) is 21.4 Å². The van der Waals surface area contributed by atoms with Crippen LogP contribution in [-0.4, -0.2) is 18.6 Å². The molecule has 0 unspecified atom stereocenters. The molecule has 0 bridgehead atoms. The van der Waals surface area contributed by atoms with E-state index in [9.17, 15) is 15.4 Å². The van der Waals surface area contributed by atoms with E-state index in [1.54, 1.807) is 36.4 Å². The Labute approximate surface area is 159 Å². The molecule has 0 atom stereocenters. The van der Waals surface area contributed by atoms with Gasteiger partial charge in [-0.1, -0.05) is 40.7 Å². The molecular formula is C19H15BrN2O4. The average molecular weight is 415 g/mol. The molecule has 7 heteroatoms. The minimum absolute atomic E-state index is 0.0755. The van der Waals surface area contributed by atoms with Crippen LogP contribution in [0.5, 0.6) is 11.5 Å². The van der Waals surface area contributed by atoms with Crippen molar-refractivity contribution < 1.29 is 14.4 Å². The number of allylic oxidation sites excluding steroid dienone is 1. The van der Waals surface area contributed by atoms with Gasteiger partial charge in [-0.15, -0.1) is 0 Å². The molecule has 0 fully saturated rings. The minimum atomic E-state index is -0.497. The van der Waals surface area contributed by atoms with E-state index in [4.69, 9.17) is 9.47 Å². The van der Waals surface area contributed by atoms with Crippen LogP contribution in [0.2, 0.25) is 0 Å². The van der Waals surface area contributed by atoms with Gasteiger partial charge in [-0.05, 0) is 29.3 Å². The van der Waals surface area contributed by atoms with Gasteiger partial charge in [-0.25, -0.2) is 0 Å². The second-order valence-electron chi connectivity index (χ2n) is 5.10. The third-order valence-electron chi connectivity index (χ3n) is 3.43. The van der Waals surface area contributed by atoms with Gasteiger partial charge in [-0.2, -0.15) is 5.26 Å². The van der Waals surface area contributed by atoms with Crippen LogP contribution >= 0.6 is 15.9 Å². The number of methoxy groups -OCH3 is 1. The fraction of sp³-hybridized carbons (Fsp3) is 0.105. The van der Waals surface area contributed by atoms with E-state index >= 15 is 0 Å². The van der Waals surface area contributed by atoms with Gasteiger partial charge in [0.25, 0.3) is 5.69 Å². The summed E-state index contributed by atoms with van der Waals surface area (Å²) in [5.41, 5.74) is 1.35. The van der Waals surface area contributed by atoms with E-state index in [-0.39, 0.29) is 11.3 Å². The predicted octanol–water partition coefficient (Wildman–Crippen LogP) is 4.99. The molecule has 0 saturated carbocycles. The standard InChI is InChI=1S/C19H15BrN2O4/c1-3-7-26-19-11-17(20)14(10-18(19)25-2)8-15(12-21)13-5-4-6-16(9-13)22(23)24/h3-6,8-11H,1,7H2,2H3. The zero-order valence-corrected chi connectivity index (χ0v) is 15.5. The number of halogens is 1. The first kappa shape index (κ1) is 19.2. The molecule has 0 radical (unpaired) electrons. The van der Waals surface area contributed by atoms with E-state index in [2.05, 4.69) is 28.6 Å². The molecule has 6 nitrogen and oxygen atoms in total. The molecule has 0 aliphatic heterocycles. The summed E-state index contributed by atoms with van der Waals surface area (Å²) in [6.45, 7) is 3.93. The maximum atomic E-state index is 10.9. The molecule has 0 aliphatic carbocycles. The Morgan fingerprint density at radius 1 is 1.38 bits per heavy atom. The van der Waals surface area contributed by atoms with E-state index < -0.39 is 4.92 Å². The van der Waals surface area contributed by atoms with Crippen LogP contribution in [0.4, 0.5) is 5.69 Å². The molecule has 0 N–H and O–H groups in total. The molecule has 0 saturated heterocycles. The lowest BCUT2D eigenvalue weighted by Crippen LogP contribution is -1.97. The van der Waals surface area contributed by atoms with Crippen molar-refractivity contribution in [2.24, 2.45) is 0 Å². The zero-order valence-electron chi connectivity index (χ0n) is 13.9. The molecule has 0 spiro atoms. The topological polar surface area (TPSA) is 85.4 Å². The number of hydrogen-bond donors (Lipinski definition) is 0. The van der Waals surface area contributed by atoms with Crippen molar-refractivity contribution >= 4 is 33.3 Å². The molecule has 0 aromatic heterocycles. The Hall–Kier alpha value is -3.11. The van der Waals surface area contributed by atoms with Gasteiger partial charge >= 0.3 is 0 Å². The van der Waals surface area contributed by atoms with Gasteiger partial charge in [0.2, 0.25) is 0 Å². The summed E-state index contributed by atoms with van der Waals surface area (Å²) in [5, 5.41) is 20.4. The lowest BCUT2D eigenvalue weighted by molar-refractivity contribution is -0.384. The van der Waals surface area contributed by atoms with Crippen molar-refractivity contribution in [3.05, 3.63) is 74.8 Å². The second kappa shape index (κ2) is 8.83. The van der Waals surface area contributed by atoms with Crippen molar-refractivity contribution in [2.75, 3.05) is 13.7 Å². The molecule has 132 valence electrons. The number of non-ortho nitro benzene ring substituents is 1. The fourth-order valence-electron chi connectivity index (χ4n) is 2.21. The lowest BCUT2D eigenvalue weighted by Gasteiger charge is -2.12. The number of nitrogens with zero attached hydrogens (tertiary/aromatic N) is 2. The van der Waals surface area contributed by atoms with E-state index in [0.717, 1.165) is 0 Å². The number of nitro benzene ring substituents is 1. The summed E-state index contributed by atoms with van der Waals surface area (Å²) >= 11 is 3.45. The van der Waals surface area contributed by atoms with Crippen LogP contribution in [0.1, 0.15) is 11.1 Å². The van der Waals surface area contributed by atoms with E-state index in [1.807, 2.05) is 0 Å². The zero-order chi connectivity index (χ0) is 19.1. The summed E-state index contributed by atoms with van der Waals surface area (Å²) in [6, 6.07) is 11.5. The largest absolute Gasteiger partial charge is 0.493 e. The van der Waals surface area contributed by atoms with Crippen molar-refractivity contribution in [2.45, 2.75) is 0 Å². The Bertz CT molecular complexity index is 916. The van der Waals surface area contributed by atoms with Crippen molar-refractivity contribution in [1.82, 2.24) is 0 Å². The number of benzene rings is 2. The van der Waals surface area contributed by atoms with Gasteiger partial charge in [0, 0.05) is 16.6 Å². The Morgan fingerprint density at radius 3 is 2.77 bits per heavy atom. The second-order valence-corrected chi connectivity index (χ2v) is 5.96. The Morgan fingerprint density at radius 2 is 2.15 bits per heavy atom. The normalized spacial score (nSPS) is 10.7. The fourth-order valence-corrected chi connectivity index (χ4v) is 2.64. The quantitative estimate of drug-likeness (QED) is 0.209. The van der Waals surface area contributed by atoms with Crippen LogP contribution in [-0.2, 0) is 0 Å². The monoisotopic (exact) mass is 414 g/mol. The molecule has 0 aliphatic rings. The molecule has 0 heterocycles. The minimum Gasteiger partial charge on any atom is -0.493 e. The summed E-state index contributed by atoms with van der Waals surface area (Å²) in [7, 11) is 1.52. The smallest absolute Gasteiger partial charge is 0.270 e. The summed E-state index contributed by atoms with van der Waals surface area (Å²) in [5.74, 6) is 1.03. The third kappa shape index (κ3) is 4.49. The number of nitro groups is 1. The van der Waals surface area contributed by atoms with Crippen LogP contribution in [0.25, 0.3) is 11.6 Å². The van der Waals surface area contributed by atoms with Gasteiger partial charge in [-0.3, -0.25) is 10.1 Å². The van der Waals surface area contributed by atoms with Crippen LogP contribution in [0.15, 0.2) is 53.5 Å². The Balaban J connectivity index is 2.49. The maximum absolute atomic E-state index is 10.9. The number of ether oxygens (including phenoxy) is 2. The first-order valence-corrected chi connectivity index (χ1v) is 8.27. The first-order chi connectivity index (χ1) is 12.5. The molecular weight excluding hydrogens is 400 g/mol. The summed E-state index contributed by atoms with van der Waals surface area (Å²) in [4.78, 5) is 10.4. The summed E-state index contributed by atoms with van der Waals surface area (Å²) < 4.78 is 11.6. The van der Waals surface area contributed by atoms with Crippen molar-refractivity contribution in [1.29, 1.82) is 5.26 Å². The SMILES string of the molecule is C=CCOc1cc(Br)c(C=C(C#N)c2cccc([N+](=O)[O-])c2)cc1OC. The lowest BCUT2D eigenvalue weighted by atomic mass is 10.0. The highest BCUT2D eigenvalue weighted by molar-refractivity contribution is 9.10. The number of hydrogen-bond acceptors (Lipinski definition) is 5. The highest BCUT2D eigenvalue weighted by atomic mass is 79.9. The highest BCUT2D eigenvalue weighted by Crippen LogP contribution is 2.35. The van der Waals surface area contributed by atoms with E-state index in [0.29, 0.717) is 33.7 Å². The highest BCUT2D eigenvalue weighted by Gasteiger charge is 2.12. The molecule has 2 aromatic carbocycles. The molecule has 0 amide bonds. The summed E-state index contributed by atoms with van der Waals surface area (Å²) in [6.07, 6.45) is 3.25.